The van der Waals surface area contributed by atoms with E-state index in [1.54, 1.807) is 24.3 Å². The number of ether oxygens (including phenoxy) is 1. The van der Waals surface area contributed by atoms with Gasteiger partial charge in [0, 0.05) is 18.2 Å². The number of amides is 1. The van der Waals surface area contributed by atoms with Gasteiger partial charge < -0.3 is 15.2 Å². The van der Waals surface area contributed by atoms with Crippen LogP contribution in [0.1, 0.15) is 25.3 Å². The third-order valence-electron chi connectivity index (χ3n) is 3.65. The largest absolute Gasteiger partial charge is 0.381 e. The molecule has 0 unspecified atom stereocenters. The molecule has 1 fully saturated rings. The summed E-state index contributed by atoms with van der Waals surface area (Å²) in [4.78, 5) is 12.2. The highest BCUT2D eigenvalue weighted by Gasteiger charge is 2.32. The van der Waals surface area contributed by atoms with Crippen LogP contribution in [0.4, 0.5) is 0 Å². The number of benzene rings is 1. The average molecular weight is 298 g/mol. The summed E-state index contributed by atoms with van der Waals surface area (Å²) in [6.07, 6.45) is 2.07. The molecule has 5 heteroatoms. The highest BCUT2D eigenvalue weighted by atomic mass is 35.5. The Balaban J connectivity index is 1.94. The van der Waals surface area contributed by atoms with E-state index in [1.165, 1.54) is 6.92 Å². The van der Waals surface area contributed by atoms with Crippen molar-refractivity contribution in [1.82, 2.24) is 5.32 Å². The maximum atomic E-state index is 12.2. The van der Waals surface area contributed by atoms with Crippen molar-refractivity contribution in [2.45, 2.75) is 25.4 Å². The zero-order valence-electron chi connectivity index (χ0n) is 11.6. The van der Waals surface area contributed by atoms with Crippen molar-refractivity contribution in [2.75, 3.05) is 19.8 Å². The normalized spacial score (nSPS) is 22.1. The highest BCUT2D eigenvalue weighted by molar-refractivity contribution is 6.30. The van der Waals surface area contributed by atoms with E-state index in [2.05, 4.69) is 5.32 Å². The molecule has 1 aliphatic rings. The number of carbonyl (C=O) groups is 1. The van der Waals surface area contributed by atoms with E-state index in [9.17, 15) is 9.90 Å². The van der Waals surface area contributed by atoms with Crippen LogP contribution in [-0.4, -0.2) is 30.8 Å². The summed E-state index contributed by atoms with van der Waals surface area (Å²) in [5.74, 6) is -0.0703. The molecule has 1 heterocycles. The van der Waals surface area contributed by atoms with E-state index in [1.807, 2.05) is 0 Å². The first kappa shape index (κ1) is 15.3. The number of halogens is 1. The number of carbonyl (C=O) groups excluding carboxylic acids is 1. The minimum absolute atomic E-state index is 0.328. The van der Waals surface area contributed by atoms with Crippen molar-refractivity contribution in [1.29, 1.82) is 0 Å². The number of nitrogens with one attached hydrogen (secondary N) is 1. The van der Waals surface area contributed by atoms with Gasteiger partial charge in [-0.05, 0) is 43.4 Å². The summed E-state index contributed by atoms with van der Waals surface area (Å²) >= 11 is 5.81. The van der Waals surface area contributed by atoms with Gasteiger partial charge in [-0.25, -0.2) is 0 Å². The van der Waals surface area contributed by atoms with Crippen molar-refractivity contribution in [2.24, 2.45) is 5.92 Å². The van der Waals surface area contributed by atoms with E-state index >= 15 is 0 Å². The SMILES string of the molecule is C[C@@](O)(C(=O)NC[C@@H]1CCCOC1)c1ccc(Cl)cc1. The molecule has 0 bridgehead atoms. The first-order valence-corrected chi connectivity index (χ1v) is 7.22. The van der Waals surface area contributed by atoms with Crippen LogP contribution in [0.3, 0.4) is 0 Å². The lowest BCUT2D eigenvalue weighted by molar-refractivity contribution is -0.139. The molecule has 1 aromatic carbocycles. The molecule has 0 saturated carbocycles. The van der Waals surface area contributed by atoms with Gasteiger partial charge in [-0.1, -0.05) is 23.7 Å². The summed E-state index contributed by atoms with van der Waals surface area (Å²) in [7, 11) is 0. The molecule has 0 aliphatic carbocycles. The molecule has 2 rings (SSSR count). The molecule has 0 radical (unpaired) electrons. The quantitative estimate of drug-likeness (QED) is 0.895. The lowest BCUT2D eigenvalue weighted by Gasteiger charge is -2.26. The van der Waals surface area contributed by atoms with Crippen LogP contribution in [0, 0.1) is 5.92 Å². The van der Waals surface area contributed by atoms with Crippen LogP contribution in [0.5, 0.6) is 0 Å². The molecule has 2 N–H and O–H groups in total. The Bertz CT molecular complexity index is 453. The standard InChI is InChI=1S/C15H20ClNO3/c1-15(19,12-4-6-13(16)7-5-12)14(18)17-9-11-3-2-8-20-10-11/h4-7,11,19H,2-3,8-10H2,1H3,(H,17,18)/t11-,15-/m0/s1. The van der Waals surface area contributed by atoms with Gasteiger partial charge in [0.05, 0.1) is 6.61 Å². The molecule has 2 atom stereocenters. The number of rotatable bonds is 4. The first-order valence-electron chi connectivity index (χ1n) is 6.84. The number of aliphatic hydroxyl groups is 1. The van der Waals surface area contributed by atoms with E-state index in [0.717, 1.165) is 19.4 Å². The fraction of sp³-hybridized carbons (Fsp3) is 0.533. The Morgan fingerprint density at radius 2 is 2.20 bits per heavy atom. The Morgan fingerprint density at radius 3 is 2.80 bits per heavy atom. The van der Waals surface area contributed by atoms with Gasteiger partial charge in [0.1, 0.15) is 0 Å². The molecular formula is C15H20ClNO3. The van der Waals surface area contributed by atoms with Crippen molar-refractivity contribution >= 4 is 17.5 Å². The summed E-state index contributed by atoms with van der Waals surface area (Å²) in [6, 6.07) is 6.64. The minimum atomic E-state index is -1.56. The smallest absolute Gasteiger partial charge is 0.256 e. The van der Waals surface area contributed by atoms with Crippen molar-refractivity contribution in [3.05, 3.63) is 34.9 Å². The van der Waals surface area contributed by atoms with Crippen LogP contribution >= 0.6 is 11.6 Å². The fourth-order valence-corrected chi connectivity index (χ4v) is 2.41. The van der Waals surface area contributed by atoms with Crippen LogP contribution < -0.4 is 5.32 Å². The van der Waals surface area contributed by atoms with Gasteiger partial charge in [0.2, 0.25) is 0 Å². The lowest BCUT2D eigenvalue weighted by atomic mass is 9.94. The van der Waals surface area contributed by atoms with Crippen LogP contribution in [0.25, 0.3) is 0 Å². The Morgan fingerprint density at radius 1 is 1.50 bits per heavy atom. The Kier molecular flexibility index (Phi) is 5.02. The second-order valence-electron chi connectivity index (χ2n) is 5.37. The summed E-state index contributed by atoms with van der Waals surface area (Å²) in [6.45, 7) is 3.49. The molecule has 1 amide bonds. The number of hydrogen-bond donors (Lipinski definition) is 2. The van der Waals surface area contributed by atoms with E-state index in [4.69, 9.17) is 16.3 Å². The summed E-state index contributed by atoms with van der Waals surface area (Å²) in [5.41, 5.74) is -1.03. The van der Waals surface area contributed by atoms with Crippen molar-refractivity contribution in [3.8, 4) is 0 Å². The fourth-order valence-electron chi connectivity index (χ4n) is 2.28. The second-order valence-corrected chi connectivity index (χ2v) is 5.81. The third-order valence-corrected chi connectivity index (χ3v) is 3.91. The van der Waals surface area contributed by atoms with E-state index < -0.39 is 11.5 Å². The van der Waals surface area contributed by atoms with Crippen molar-refractivity contribution < 1.29 is 14.6 Å². The second kappa shape index (κ2) is 6.57. The minimum Gasteiger partial charge on any atom is -0.381 e. The monoisotopic (exact) mass is 297 g/mol. The molecule has 1 aromatic rings. The Labute approximate surface area is 124 Å². The van der Waals surface area contributed by atoms with Crippen LogP contribution in [0.2, 0.25) is 5.02 Å². The maximum absolute atomic E-state index is 12.2. The highest BCUT2D eigenvalue weighted by Crippen LogP contribution is 2.23. The molecule has 110 valence electrons. The Hall–Kier alpha value is -1.10. The first-order chi connectivity index (χ1) is 9.50. The predicted molar refractivity (Wildman–Crippen MR) is 77.6 cm³/mol. The predicted octanol–water partition coefficient (Wildman–Crippen LogP) is 2.09. The maximum Gasteiger partial charge on any atom is 0.256 e. The van der Waals surface area contributed by atoms with Crippen LogP contribution in [-0.2, 0) is 15.1 Å². The molecule has 4 nitrogen and oxygen atoms in total. The van der Waals surface area contributed by atoms with E-state index in [0.29, 0.717) is 29.7 Å². The molecule has 20 heavy (non-hydrogen) atoms. The van der Waals surface area contributed by atoms with Gasteiger partial charge in [-0.15, -0.1) is 0 Å². The zero-order valence-corrected chi connectivity index (χ0v) is 12.3. The van der Waals surface area contributed by atoms with Gasteiger partial charge in [0.15, 0.2) is 5.60 Å². The summed E-state index contributed by atoms with van der Waals surface area (Å²) < 4.78 is 5.37. The van der Waals surface area contributed by atoms with Crippen molar-refractivity contribution in [3.63, 3.8) is 0 Å². The van der Waals surface area contributed by atoms with Crippen LogP contribution in [0.15, 0.2) is 24.3 Å². The molecule has 0 spiro atoms. The molecular weight excluding hydrogens is 278 g/mol. The zero-order chi connectivity index (χ0) is 14.6. The number of hydrogen-bond acceptors (Lipinski definition) is 3. The van der Waals surface area contributed by atoms with Gasteiger partial charge in [-0.3, -0.25) is 4.79 Å². The molecule has 0 aromatic heterocycles. The molecule has 1 aliphatic heterocycles. The van der Waals surface area contributed by atoms with Gasteiger partial charge in [-0.2, -0.15) is 0 Å². The van der Waals surface area contributed by atoms with E-state index in [-0.39, 0.29) is 0 Å². The topological polar surface area (TPSA) is 58.6 Å². The average Bonchev–Trinajstić information content (AvgIpc) is 2.46. The van der Waals surface area contributed by atoms with Gasteiger partial charge in [0.25, 0.3) is 5.91 Å². The third kappa shape index (κ3) is 3.72. The molecule has 1 saturated heterocycles. The lowest BCUT2D eigenvalue weighted by Crippen LogP contribution is -2.44. The summed E-state index contributed by atoms with van der Waals surface area (Å²) in [5, 5.41) is 13.8. The van der Waals surface area contributed by atoms with Gasteiger partial charge >= 0.3 is 0 Å².